The maximum Gasteiger partial charge on any atom is 0.290 e. The van der Waals surface area contributed by atoms with Gasteiger partial charge in [0.15, 0.2) is 11.5 Å². The zero-order chi connectivity index (χ0) is 24.1. The summed E-state index contributed by atoms with van der Waals surface area (Å²) in [5, 5.41) is 6.89. The van der Waals surface area contributed by atoms with Crippen LogP contribution in [-0.2, 0) is 9.53 Å². The van der Waals surface area contributed by atoms with E-state index in [1.807, 2.05) is 48.5 Å². The van der Waals surface area contributed by atoms with E-state index in [-0.39, 0.29) is 37.3 Å². The summed E-state index contributed by atoms with van der Waals surface area (Å²) in [6.07, 6.45) is 0.888. The molecule has 1 amide bonds. The van der Waals surface area contributed by atoms with Crippen molar-refractivity contribution in [3.05, 3.63) is 77.1 Å². The van der Waals surface area contributed by atoms with E-state index in [2.05, 4.69) is 9.97 Å². The van der Waals surface area contributed by atoms with Gasteiger partial charge in [-0.2, -0.15) is 0 Å². The largest absolute Gasteiger partial charge is 0.483 e. The molecule has 2 aromatic carbocycles. The molecule has 5 rings (SSSR count). The van der Waals surface area contributed by atoms with Gasteiger partial charge in [-0.05, 0) is 30.2 Å². The summed E-state index contributed by atoms with van der Waals surface area (Å²) < 4.78 is 17.4. The minimum atomic E-state index is -0.326. The van der Waals surface area contributed by atoms with Crippen molar-refractivity contribution in [1.29, 1.82) is 0 Å². The molecule has 0 saturated carbocycles. The van der Waals surface area contributed by atoms with E-state index in [1.165, 1.54) is 6.20 Å². The molecule has 34 heavy (non-hydrogen) atoms. The molecule has 10 heteroatoms. The number of amides is 1. The molecular formula is C24H24N4O6. The van der Waals surface area contributed by atoms with Gasteiger partial charge in [0.2, 0.25) is 12.7 Å². The van der Waals surface area contributed by atoms with Crippen molar-refractivity contribution in [3.63, 3.8) is 0 Å². The third-order valence-electron chi connectivity index (χ3n) is 5.56. The number of rotatable bonds is 3. The SMILES string of the molecule is Cc1nc(N)ncc1C(=O)N1C[C@@H](c2ccccc2)O[C@@H](c2ccc3c(c2)OCO3)C1.O=CO. The first-order valence-electron chi connectivity index (χ1n) is 10.6. The third kappa shape index (κ3) is 4.91. The number of benzene rings is 2. The second kappa shape index (κ2) is 10.2. The van der Waals surface area contributed by atoms with Gasteiger partial charge in [-0.15, -0.1) is 0 Å². The average molecular weight is 464 g/mol. The molecule has 3 heterocycles. The summed E-state index contributed by atoms with van der Waals surface area (Å²) in [4.78, 5) is 31.7. The number of anilines is 1. The Morgan fingerprint density at radius 3 is 2.47 bits per heavy atom. The first kappa shape index (κ1) is 23.0. The lowest BCUT2D eigenvalue weighted by Crippen LogP contribution is -2.44. The molecule has 1 saturated heterocycles. The lowest BCUT2D eigenvalue weighted by Gasteiger charge is -2.38. The van der Waals surface area contributed by atoms with Crippen LogP contribution in [0.25, 0.3) is 0 Å². The molecule has 0 aliphatic carbocycles. The van der Waals surface area contributed by atoms with Crippen molar-refractivity contribution in [1.82, 2.24) is 14.9 Å². The number of hydrogen-bond donors (Lipinski definition) is 2. The van der Waals surface area contributed by atoms with Crippen LogP contribution in [0.1, 0.15) is 39.4 Å². The highest BCUT2D eigenvalue weighted by Crippen LogP contribution is 2.39. The zero-order valence-corrected chi connectivity index (χ0v) is 18.5. The highest BCUT2D eigenvalue weighted by Gasteiger charge is 2.34. The highest BCUT2D eigenvalue weighted by atomic mass is 16.7. The number of carbonyl (C=O) groups excluding carboxylic acids is 1. The smallest absolute Gasteiger partial charge is 0.290 e. The first-order chi connectivity index (χ1) is 16.5. The van der Waals surface area contributed by atoms with Gasteiger partial charge in [0, 0.05) is 6.20 Å². The topological polar surface area (TPSA) is 137 Å². The fourth-order valence-electron chi connectivity index (χ4n) is 3.94. The Labute approximate surface area is 195 Å². The molecule has 1 aromatic heterocycles. The van der Waals surface area contributed by atoms with E-state index in [4.69, 9.17) is 29.8 Å². The molecule has 2 aliphatic rings. The van der Waals surface area contributed by atoms with Crippen LogP contribution < -0.4 is 15.2 Å². The molecule has 176 valence electrons. The van der Waals surface area contributed by atoms with E-state index in [9.17, 15) is 4.79 Å². The minimum absolute atomic E-state index is 0.146. The van der Waals surface area contributed by atoms with Gasteiger partial charge in [0.05, 0.1) is 24.3 Å². The standard InChI is InChI=1S/C23H22N4O4.CH2O2/c1-14-17(10-25-23(24)26-14)22(28)27-11-20(15-5-3-2-4-6-15)31-21(12-27)16-7-8-18-19(9-16)30-13-29-18;2-1-3/h2-10,20-21H,11-13H2,1H3,(H2,24,25,26);1H,(H,2,3)/t20-,21+;/m0./s1. The number of carboxylic acid groups (broad SMARTS) is 1. The van der Waals surface area contributed by atoms with Crippen LogP contribution in [0.3, 0.4) is 0 Å². The summed E-state index contributed by atoms with van der Waals surface area (Å²) in [6, 6.07) is 15.6. The molecular weight excluding hydrogens is 440 g/mol. The molecule has 2 atom stereocenters. The second-order valence-electron chi connectivity index (χ2n) is 7.68. The predicted octanol–water partition coefficient (Wildman–Crippen LogP) is 2.75. The number of aryl methyl sites for hydroxylation is 1. The van der Waals surface area contributed by atoms with Crippen molar-refractivity contribution in [2.24, 2.45) is 0 Å². The molecule has 10 nitrogen and oxygen atoms in total. The number of hydrogen-bond acceptors (Lipinski definition) is 8. The Kier molecular flexibility index (Phi) is 6.88. The van der Waals surface area contributed by atoms with Gasteiger partial charge < -0.3 is 30.0 Å². The highest BCUT2D eigenvalue weighted by molar-refractivity contribution is 5.95. The monoisotopic (exact) mass is 464 g/mol. The maximum absolute atomic E-state index is 13.4. The van der Waals surface area contributed by atoms with Gasteiger partial charge in [-0.25, -0.2) is 9.97 Å². The number of nitrogens with two attached hydrogens (primary N) is 1. The lowest BCUT2D eigenvalue weighted by atomic mass is 10.0. The zero-order valence-electron chi connectivity index (χ0n) is 18.5. The molecule has 3 N–H and O–H groups in total. The van der Waals surface area contributed by atoms with Gasteiger partial charge in [-0.1, -0.05) is 36.4 Å². The van der Waals surface area contributed by atoms with E-state index >= 15 is 0 Å². The van der Waals surface area contributed by atoms with E-state index in [0.29, 0.717) is 35.8 Å². The predicted molar refractivity (Wildman–Crippen MR) is 121 cm³/mol. The van der Waals surface area contributed by atoms with Crippen LogP contribution in [-0.4, -0.2) is 52.2 Å². The Balaban J connectivity index is 0.000000868. The van der Waals surface area contributed by atoms with Crippen molar-refractivity contribution in [2.45, 2.75) is 19.1 Å². The van der Waals surface area contributed by atoms with Crippen molar-refractivity contribution in [2.75, 3.05) is 25.6 Å². The van der Waals surface area contributed by atoms with E-state index in [0.717, 1.165) is 11.1 Å². The van der Waals surface area contributed by atoms with E-state index in [1.54, 1.807) is 11.8 Å². The van der Waals surface area contributed by atoms with Crippen molar-refractivity contribution in [3.8, 4) is 11.5 Å². The Bertz CT molecular complexity index is 1170. The van der Waals surface area contributed by atoms with Crippen molar-refractivity contribution >= 4 is 18.3 Å². The molecule has 2 aliphatic heterocycles. The summed E-state index contributed by atoms with van der Waals surface area (Å²) in [7, 11) is 0. The molecule has 0 bridgehead atoms. The maximum atomic E-state index is 13.4. The number of carbonyl (C=O) groups is 2. The first-order valence-corrected chi connectivity index (χ1v) is 10.6. The molecule has 0 radical (unpaired) electrons. The average Bonchev–Trinajstić information content (AvgIpc) is 3.32. The van der Waals surface area contributed by atoms with Crippen LogP contribution in [0.5, 0.6) is 11.5 Å². The number of fused-ring (bicyclic) bond motifs is 1. The minimum Gasteiger partial charge on any atom is -0.483 e. The van der Waals surface area contributed by atoms with Crippen LogP contribution in [0.15, 0.2) is 54.7 Å². The Morgan fingerprint density at radius 2 is 1.76 bits per heavy atom. The van der Waals surface area contributed by atoms with Crippen molar-refractivity contribution < 1.29 is 28.9 Å². The van der Waals surface area contributed by atoms with Gasteiger partial charge >= 0.3 is 0 Å². The second-order valence-corrected chi connectivity index (χ2v) is 7.68. The molecule has 0 unspecified atom stereocenters. The summed E-state index contributed by atoms with van der Waals surface area (Å²) in [5.41, 5.74) is 8.58. The molecule has 0 spiro atoms. The summed E-state index contributed by atoms with van der Waals surface area (Å²) in [6.45, 7) is 2.53. The summed E-state index contributed by atoms with van der Waals surface area (Å²) >= 11 is 0. The van der Waals surface area contributed by atoms with Crippen LogP contribution in [0.2, 0.25) is 0 Å². The van der Waals surface area contributed by atoms with E-state index < -0.39 is 0 Å². The Hall–Kier alpha value is -4.18. The summed E-state index contributed by atoms with van der Waals surface area (Å²) in [5.74, 6) is 1.40. The number of ether oxygens (including phenoxy) is 3. The normalized spacial score (nSPS) is 18.6. The number of nitrogen functional groups attached to an aromatic ring is 1. The Morgan fingerprint density at radius 1 is 1.09 bits per heavy atom. The van der Waals surface area contributed by atoms with Crippen LogP contribution in [0, 0.1) is 6.92 Å². The van der Waals surface area contributed by atoms with Gasteiger partial charge in [0.1, 0.15) is 12.2 Å². The lowest BCUT2D eigenvalue weighted by molar-refractivity contribution is -0.122. The van der Waals surface area contributed by atoms with Crippen LogP contribution in [0.4, 0.5) is 5.95 Å². The quantitative estimate of drug-likeness (QED) is 0.561. The van der Waals surface area contributed by atoms with Crippen LogP contribution >= 0.6 is 0 Å². The molecule has 3 aromatic rings. The number of morpholine rings is 1. The number of aromatic nitrogens is 2. The molecule has 1 fully saturated rings. The fraction of sp³-hybridized carbons (Fsp3) is 0.250. The number of nitrogens with zero attached hydrogens (tertiary/aromatic N) is 3. The fourth-order valence-corrected chi connectivity index (χ4v) is 3.94. The third-order valence-corrected chi connectivity index (χ3v) is 5.56. The van der Waals surface area contributed by atoms with Gasteiger partial charge in [-0.3, -0.25) is 9.59 Å². The van der Waals surface area contributed by atoms with Gasteiger partial charge in [0.25, 0.3) is 12.4 Å².